The van der Waals surface area contributed by atoms with Gasteiger partial charge in [-0.2, -0.15) is 0 Å². The number of aliphatic hydroxyl groups is 1. The number of amides is 1. The molecule has 10 heteroatoms. The maximum absolute atomic E-state index is 13.3. The highest BCUT2D eigenvalue weighted by Gasteiger charge is 2.46. The molecular formula is C22H17ClN2O6S. The molecule has 32 heavy (non-hydrogen) atoms. The molecule has 0 fully saturated rings. The number of nitrogens with zero attached hydrogens (tertiary/aromatic N) is 2. The number of halogens is 1. The lowest BCUT2D eigenvalue weighted by molar-refractivity contribution is -0.117. The highest BCUT2D eigenvalue weighted by Crippen LogP contribution is 2.44. The largest absolute Gasteiger partial charge is 0.503 e. The van der Waals surface area contributed by atoms with Gasteiger partial charge in [0.15, 0.2) is 16.7 Å². The van der Waals surface area contributed by atoms with Crippen LogP contribution in [-0.4, -0.2) is 34.9 Å². The fraction of sp³-hybridized carbons (Fsp3) is 0.182. The van der Waals surface area contributed by atoms with Gasteiger partial charge in [0, 0.05) is 5.02 Å². The maximum Gasteiger partial charge on any atom is 0.350 e. The number of hydrogen-bond acceptors (Lipinski definition) is 8. The smallest absolute Gasteiger partial charge is 0.350 e. The van der Waals surface area contributed by atoms with Crippen LogP contribution in [0, 0.1) is 13.8 Å². The molecule has 3 aromatic rings. The first-order valence-electron chi connectivity index (χ1n) is 9.42. The van der Waals surface area contributed by atoms with E-state index < -0.39 is 29.5 Å². The zero-order valence-electron chi connectivity index (χ0n) is 17.2. The Morgan fingerprint density at radius 3 is 2.62 bits per heavy atom. The number of carbonyl (C=O) groups excluding carboxylic acids is 3. The average molecular weight is 473 g/mol. The second-order valence-electron chi connectivity index (χ2n) is 7.04. The number of esters is 1. The Kier molecular flexibility index (Phi) is 5.62. The molecule has 2 aromatic heterocycles. The normalized spacial score (nSPS) is 16.1. The summed E-state index contributed by atoms with van der Waals surface area (Å²) >= 11 is 7.09. The summed E-state index contributed by atoms with van der Waals surface area (Å²) in [6.07, 6.45) is 0. The summed E-state index contributed by atoms with van der Waals surface area (Å²) < 4.78 is 10.2. The van der Waals surface area contributed by atoms with Crippen LogP contribution in [0.5, 0.6) is 0 Å². The minimum atomic E-state index is -1.03. The van der Waals surface area contributed by atoms with Gasteiger partial charge >= 0.3 is 5.97 Å². The van der Waals surface area contributed by atoms with Crippen molar-refractivity contribution in [2.45, 2.75) is 19.9 Å². The molecule has 1 aromatic carbocycles. The van der Waals surface area contributed by atoms with Gasteiger partial charge in [-0.3, -0.25) is 14.5 Å². The van der Waals surface area contributed by atoms with E-state index in [1.165, 1.54) is 18.1 Å². The summed E-state index contributed by atoms with van der Waals surface area (Å²) in [7, 11) is 1.24. The van der Waals surface area contributed by atoms with E-state index in [9.17, 15) is 19.5 Å². The molecule has 1 amide bonds. The molecule has 0 saturated carbocycles. The van der Waals surface area contributed by atoms with Crippen LogP contribution in [-0.2, 0) is 9.53 Å². The summed E-state index contributed by atoms with van der Waals surface area (Å²) in [5.74, 6) is -2.30. The number of benzene rings is 1. The lowest BCUT2D eigenvalue weighted by atomic mass is 9.95. The molecule has 0 saturated heterocycles. The van der Waals surface area contributed by atoms with E-state index in [1.807, 2.05) is 0 Å². The number of aliphatic hydroxyl groups excluding tert-OH is 1. The van der Waals surface area contributed by atoms with Crippen molar-refractivity contribution in [2.24, 2.45) is 0 Å². The number of aryl methyl sites for hydroxylation is 2. The van der Waals surface area contributed by atoms with Crippen molar-refractivity contribution in [1.82, 2.24) is 4.98 Å². The van der Waals surface area contributed by atoms with Crippen LogP contribution in [0.15, 0.2) is 52.1 Å². The molecule has 0 spiro atoms. The predicted molar refractivity (Wildman–Crippen MR) is 117 cm³/mol. The first-order chi connectivity index (χ1) is 15.2. The van der Waals surface area contributed by atoms with E-state index in [2.05, 4.69) is 4.98 Å². The van der Waals surface area contributed by atoms with Gasteiger partial charge in [0.25, 0.3) is 5.91 Å². The van der Waals surface area contributed by atoms with Gasteiger partial charge in [-0.1, -0.05) is 35.1 Å². The van der Waals surface area contributed by atoms with E-state index in [-0.39, 0.29) is 21.3 Å². The summed E-state index contributed by atoms with van der Waals surface area (Å²) in [5.41, 5.74) is 0.670. The maximum atomic E-state index is 13.3. The average Bonchev–Trinajstić information content (AvgIpc) is 3.43. The third kappa shape index (κ3) is 3.59. The fourth-order valence-corrected chi connectivity index (χ4v) is 4.69. The molecule has 1 atom stereocenters. The summed E-state index contributed by atoms with van der Waals surface area (Å²) in [4.78, 5) is 44.2. The van der Waals surface area contributed by atoms with Crippen LogP contribution in [0.25, 0.3) is 0 Å². The molecule has 3 heterocycles. The Hall–Kier alpha value is -3.43. The minimum absolute atomic E-state index is 0.0173. The Morgan fingerprint density at radius 1 is 1.25 bits per heavy atom. The van der Waals surface area contributed by atoms with Crippen LogP contribution in [0.4, 0.5) is 5.13 Å². The van der Waals surface area contributed by atoms with Crippen LogP contribution in [0.3, 0.4) is 0 Å². The number of thiazole rings is 1. The number of furan rings is 1. The highest BCUT2D eigenvalue weighted by molar-refractivity contribution is 7.17. The number of ether oxygens (including phenoxy) is 1. The van der Waals surface area contributed by atoms with Gasteiger partial charge < -0.3 is 14.3 Å². The first-order valence-corrected chi connectivity index (χ1v) is 10.6. The molecular weight excluding hydrogens is 456 g/mol. The van der Waals surface area contributed by atoms with Crippen LogP contribution >= 0.6 is 22.9 Å². The Balaban J connectivity index is 1.88. The molecule has 1 aliphatic rings. The molecule has 0 radical (unpaired) electrons. The Morgan fingerprint density at radius 2 is 2.00 bits per heavy atom. The second kappa shape index (κ2) is 8.25. The van der Waals surface area contributed by atoms with Crippen LogP contribution in [0.1, 0.15) is 43.3 Å². The monoisotopic (exact) mass is 472 g/mol. The minimum Gasteiger partial charge on any atom is -0.503 e. The third-order valence-corrected chi connectivity index (χ3v) is 6.32. The number of ketones is 1. The third-order valence-electron chi connectivity index (χ3n) is 4.94. The van der Waals surface area contributed by atoms with Crippen molar-refractivity contribution in [3.63, 3.8) is 0 Å². The standard InChI is InChI=1S/C22H17ClN2O6S/c1-10-7-8-14(31-10)17(26)15-16(12-5-4-6-13(23)9-12)25(20(28)18(15)27)22-24-11(2)19(32-22)21(29)30-3/h4-9,16,27H,1-3H3. The van der Waals surface area contributed by atoms with Crippen molar-refractivity contribution in [3.05, 3.63) is 80.4 Å². The molecule has 164 valence electrons. The number of anilines is 1. The highest BCUT2D eigenvalue weighted by atomic mass is 35.5. The van der Waals surface area contributed by atoms with Gasteiger partial charge in [-0.15, -0.1) is 0 Å². The number of methoxy groups -OCH3 is 1. The second-order valence-corrected chi connectivity index (χ2v) is 8.45. The molecule has 0 bridgehead atoms. The van der Waals surface area contributed by atoms with Gasteiger partial charge in [0.2, 0.25) is 5.78 Å². The molecule has 1 aliphatic heterocycles. The number of aromatic nitrogens is 1. The van der Waals surface area contributed by atoms with Gasteiger partial charge in [0.1, 0.15) is 10.6 Å². The molecule has 8 nitrogen and oxygen atoms in total. The van der Waals surface area contributed by atoms with Gasteiger partial charge in [0.05, 0.1) is 24.4 Å². The van der Waals surface area contributed by atoms with E-state index in [4.69, 9.17) is 20.8 Å². The fourth-order valence-electron chi connectivity index (χ4n) is 3.48. The quantitative estimate of drug-likeness (QED) is 0.427. The lowest BCUT2D eigenvalue weighted by Crippen LogP contribution is -2.31. The zero-order chi connectivity index (χ0) is 23.2. The Bertz CT molecular complexity index is 1290. The van der Waals surface area contributed by atoms with E-state index in [1.54, 1.807) is 44.2 Å². The molecule has 1 unspecified atom stereocenters. The van der Waals surface area contributed by atoms with E-state index >= 15 is 0 Å². The number of hydrogen-bond donors (Lipinski definition) is 1. The van der Waals surface area contributed by atoms with Crippen molar-refractivity contribution in [1.29, 1.82) is 0 Å². The van der Waals surface area contributed by atoms with Crippen molar-refractivity contribution < 1.29 is 28.6 Å². The van der Waals surface area contributed by atoms with Crippen molar-refractivity contribution in [2.75, 3.05) is 12.0 Å². The van der Waals surface area contributed by atoms with Crippen LogP contribution < -0.4 is 4.90 Å². The SMILES string of the molecule is COC(=O)c1sc(N2C(=O)C(O)=C(C(=O)c3ccc(C)o3)C2c2cccc(Cl)c2)nc1C. The van der Waals surface area contributed by atoms with Crippen LogP contribution in [0.2, 0.25) is 5.02 Å². The number of rotatable bonds is 5. The summed E-state index contributed by atoms with van der Waals surface area (Å²) in [6, 6.07) is 8.64. The van der Waals surface area contributed by atoms with Crippen molar-refractivity contribution >= 4 is 45.7 Å². The number of Topliss-reactive ketones (excluding diaryl/α,β-unsaturated/α-hetero) is 1. The molecule has 4 rings (SSSR count). The first kappa shape index (κ1) is 21.8. The van der Waals surface area contributed by atoms with E-state index in [0.29, 0.717) is 22.0 Å². The molecule has 0 aliphatic carbocycles. The van der Waals surface area contributed by atoms with Crippen molar-refractivity contribution in [3.8, 4) is 0 Å². The van der Waals surface area contributed by atoms with E-state index in [0.717, 1.165) is 11.3 Å². The summed E-state index contributed by atoms with van der Waals surface area (Å²) in [6.45, 7) is 3.28. The van der Waals surface area contributed by atoms with Gasteiger partial charge in [-0.05, 0) is 43.7 Å². The number of carbonyl (C=O) groups is 3. The topological polar surface area (TPSA) is 110 Å². The molecule has 1 N–H and O–H groups in total. The summed E-state index contributed by atoms with van der Waals surface area (Å²) in [5, 5.41) is 11.2. The lowest BCUT2D eigenvalue weighted by Gasteiger charge is -2.24. The van der Waals surface area contributed by atoms with Gasteiger partial charge in [-0.25, -0.2) is 9.78 Å². The predicted octanol–water partition coefficient (Wildman–Crippen LogP) is 4.58. The Labute approximate surface area is 191 Å². The zero-order valence-corrected chi connectivity index (χ0v) is 18.8.